The van der Waals surface area contributed by atoms with Crippen LogP contribution in [-0.4, -0.2) is 25.7 Å². The average Bonchev–Trinajstić information content (AvgIpc) is 2.85. The van der Waals surface area contributed by atoms with Crippen molar-refractivity contribution in [3.63, 3.8) is 0 Å². The predicted octanol–water partition coefficient (Wildman–Crippen LogP) is 5.32. The number of nitrogens with zero attached hydrogens (tertiary/aromatic N) is 2. The van der Waals surface area contributed by atoms with Gasteiger partial charge in [0.1, 0.15) is 5.75 Å². The summed E-state index contributed by atoms with van der Waals surface area (Å²) < 4.78 is 17.1. The Morgan fingerprint density at radius 3 is 2.50 bits per heavy atom. The van der Waals surface area contributed by atoms with Gasteiger partial charge in [-0.1, -0.05) is 6.07 Å². The lowest BCUT2D eigenvalue weighted by atomic mass is 9.84. The number of hydrogen-bond donors (Lipinski definition) is 0. The van der Waals surface area contributed by atoms with E-state index in [1.54, 1.807) is 26.4 Å². The molecule has 3 aromatic rings. The minimum Gasteiger partial charge on any atom is -0.497 e. The summed E-state index contributed by atoms with van der Waals surface area (Å²) in [4.78, 5) is 3.49. The molecule has 2 heterocycles. The number of hydrogen-bond acceptors (Lipinski definition) is 6. The Kier molecular flexibility index (Phi) is 5.69. The van der Waals surface area contributed by atoms with Crippen LogP contribution in [0.2, 0.25) is 0 Å². The van der Waals surface area contributed by atoms with Gasteiger partial charge in [0.2, 0.25) is 0 Å². The Balaban J connectivity index is 1.40. The first-order valence-electron chi connectivity index (χ1n) is 10.6. The second-order valence-corrected chi connectivity index (χ2v) is 8.88. The molecule has 0 saturated heterocycles. The van der Waals surface area contributed by atoms with Crippen LogP contribution in [-0.2, 0) is 19.4 Å². The highest BCUT2D eigenvalue weighted by Gasteiger charge is 2.33. The van der Waals surface area contributed by atoms with Crippen molar-refractivity contribution < 1.29 is 13.7 Å². The van der Waals surface area contributed by atoms with Gasteiger partial charge in [0.25, 0.3) is 0 Å². The Hall–Kier alpha value is -3.14. The van der Waals surface area contributed by atoms with Crippen LogP contribution in [0.4, 0.5) is 0 Å². The first-order valence-corrected chi connectivity index (χ1v) is 11.4. The maximum absolute atomic E-state index is 8.97. The summed E-state index contributed by atoms with van der Waals surface area (Å²) in [5.41, 5.74) is 6.01. The fraction of sp³-hybridized carbons (Fsp3) is 0.269. The van der Waals surface area contributed by atoms with Crippen molar-refractivity contribution in [2.24, 2.45) is 0 Å². The van der Waals surface area contributed by atoms with Crippen LogP contribution in [0.1, 0.15) is 33.9 Å². The highest BCUT2D eigenvalue weighted by Crippen LogP contribution is 2.43. The second-order valence-electron chi connectivity index (χ2n) is 8.08. The number of methoxy groups -OCH3 is 2. The van der Waals surface area contributed by atoms with Crippen LogP contribution >= 0.6 is 12.0 Å². The SMILES string of the molecule is COc1ccc2c(c1)CCN1Cc3cc(OC)c(OSc4ccc(C#N)cc4)cc3CC21. The van der Waals surface area contributed by atoms with Gasteiger partial charge in [-0.3, -0.25) is 4.90 Å². The summed E-state index contributed by atoms with van der Waals surface area (Å²) >= 11 is 1.27. The van der Waals surface area contributed by atoms with E-state index in [9.17, 15) is 0 Å². The third-order valence-electron chi connectivity index (χ3n) is 6.30. The minimum absolute atomic E-state index is 0.365. The minimum atomic E-state index is 0.365. The maximum Gasteiger partial charge on any atom is 0.179 e. The second kappa shape index (κ2) is 8.78. The number of nitriles is 1. The normalized spacial score (nSPS) is 16.8. The van der Waals surface area contributed by atoms with Crippen LogP contribution in [0.15, 0.2) is 59.5 Å². The molecule has 0 saturated carbocycles. The average molecular weight is 445 g/mol. The Morgan fingerprint density at radius 2 is 1.75 bits per heavy atom. The molecule has 32 heavy (non-hydrogen) atoms. The summed E-state index contributed by atoms with van der Waals surface area (Å²) in [6, 6.07) is 20.6. The van der Waals surface area contributed by atoms with Crippen LogP contribution in [0.3, 0.4) is 0 Å². The Bertz CT molecular complexity index is 1190. The lowest BCUT2D eigenvalue weighted by molar-refractivity contribution is 0.160. The van der Waals surface area contributed by atoms with Crippen molar-refractivity contribution in [3.8, 4) is 23.3 Å². The van der Waals surface area contributed by atoms with Gasteiger partial charge in [0, 0.05) is 24.0 Å². The smallest absolute Gasteiger partial charge is 0.179 e. The summed E-state index contributed by atoms with van der Waals surface area (Å²) in [5, 5.41) is 8.97. The van der Waals surface area contributed by atoms with Gasteiger partial charge >= 0.3 is 0 Å². The molecule has 0 N–H and O–H groups in total. The van der Waals surface area contributed by atoms with E-state index in [4.69, 9.17) is 18.9 Å². The molecule has 0 aromatic heterocycles. The van der Waals surface area contributed by atoms with Gasteiger partial charge < -0.3 is 13.7 Å². The summed E-state index contributed by atoms with van der Waals surface area (Å²) in [5.74, 6) is 2.39. The fourth-order valence-electron chi connectivity index (χ4n) is 4.61. The van der Waals surface area contributed by atoms with E-state index < -0.39 is 0 Å². The van der Waals surface area contributed by atoms with Crippen LogP contribution in [0.5, 0.6) is 17.2 Å². The third kappa shape index (κ3) is 3.90. The highest BCUT2D eigenvalue weighted by molar-refractivity contribution is 7.95. The van der Waals surface area contributed by atoms with E-state index in [1.807, 2.05) is 12.1 Å². The summed E-state index contributed by atoms with van der Waals surface area (Å²) in [6.07, 6.45) is 1.98. The van der Waals surface area contributed by atoms with Crippen molar-refractivity contribution in [1.29, 1.82) is 5.26 Å². The van der Waals surface area contributed by atoms with E-state index in [0.29, 0.717) is 11.6 Å². The molecule has 2 aliphatic rings. The highest BCUT2D eigenvalue weighted by atomic mass is 32.2. The molecule has 5 nitrogen and oxygen atoms in total. The predicted molar refractivity (Wildman–Crippen MR) is 124 cm³/mol. The molecule has 3 aromatic carbocycles. The van der Waals surface area contributed by atoms with Crippen LogP contribution in [0.25, 0.3) is 0 Å². The molecule has 0 spiro atoms. The third-order valence-corrected chi connectivity index (χ3v) is 7.03. The number of benzene rings is 3. The fourth-order valence-corrected chi connectivity index (χ4v) is 5.17. The molecule has 5 rings (SSSR count). The zero-order valence-electron chi connectivity index (χ0n) is 18.1. The lowest BCUT2D eigenvalue weighted by Gasteiger charge is -2.41. The van der Waals surface area contributed by atoms with Gasteiger partial charge in [0.15, 0.2) is 11.5 Å². The molecule has 0 aliphatic carbocycles. The van der Waals surface area contributed by atoms with Crippen molar-refractivity contribution in [2.45, 2.75) is 30.3 Å². The Labute approximate surface area is 192 Å². The van der Waals surface area contributed by atoms with Gasteiger partial charge in [-0.25, -0.2) is 0 Å². The molecule has 0 radical (unpaired) electrons. The van der Waals surface area contributed by atoms with Crippen LogP contribution < -0.4 is 13.7 Å². The van der Waals surface area contributed by atoms with Gasteiger partial charge in [-0.15, -0.1) is 0 Å². The van der Waals surface area contributed by atoms with Crippen molar-refractivity contribution in [3.05, 3.63) is 82.4 Å². The molecule has 0 bridgehead atoms. The zero-order chi connectivity index (χ0) is 22.1. The standard InChI is InChI=1S/C26H24N2O3S/c1-29-21-5-8-23-18(11-21)9-10-28-16-20-14-25(30-2)26(13-19(20)12-24(23)28)31-32-22-6-3-17(15-27)4-7-22/h3-8,11,13-14,24H,9-10,12,16H2,1-2H3. The molecule has 6 heteroatoms. The topological polar surface area (TPSA) is 54.7 Å². The number of ether oxygens (including phenoxy) is 2. The quantitative estimate of drug-likeness (QED) is 0.497. The van der Waals surface area contributed by atoms with E-state index in [1.165, 1.54) is 34.3 Å². The maximum atomic E-state index is 8.97. The zero-order valence-corrected chi connectivity index (χ0v) is 18.9. The number of rotatable bonds is 5. The molecule has 0 amide bonds. The monoisotopic (exact) mass is 444 g/mol. The van der Waals surface area contributed by atoms with E-state index in [2.05, 4.69) is 41.3 Å². The summed E-state index contributed by atoms with van der Waals surface area (Å²) in [7, 11) is 3.40. The van der Waals surface area contributed by atoms with Gasteiger partial charge in [-0.2, -0.15) is 5.26 Å². The summed E-state index contributed by atoms with van der Waals surface area (Å²) in [6.45, 7) is 1.95. The molecular weight excluding hydrogens is 420 g/mol. The van der Waals surface area contributed by atoms with Gasteiger partial charge in [-0.05, 0) is 83.6 Å². The van der Waals surface area contributed by atoms with Crippen molar-refractivity contribution in [2.75, 3.05) is 20.8 Å². The first-order chi connectivity index (χ1) is 15.7. The molecule has 2 aliphatic heterocycles. The molecule has 0 fully saturated rings. The first kappa shape index (κ1) is 20.7. The van der Waals surface area contributed by atoms with Crippen molar-refractivity contribution in [1.82, 2.24) is 4.90 Å². The van der Waals surface area contributed by atoms with E-state index >= 15 is 0 Å². The van der Waals surface area contributed by atoms with Gasteiger partial charge in [0.05, 0.1) is 37.9 Å². The van der Waals surface area contributed by atoms with E-state index in [-0.39, 0.29) is 0 Å². The molecular formula is C26H24N2O3S. The lowest BCUT2D eigenvalue weighted by Crippen LogP contribution is -2.39. The van der Waals surface area contributed by atoms with E-state index in [0.717, 1.165) is 48.1 Å². The molecule has 1 unspecified atom stereocenters. The molecule has 1 atom stereocenters. The molecule has 162 valence electrons. The number of fused-ring (bicyclic) bond motifs is 4. The largest absolute Gasteiger partial charge is 0.497 e. The Morgan fingerprint density at radius 1 is 0.938 bits per heavy atom. The van der Waals surface area contributed by atoms with Crippen molar-refractivity contribution >= 4 is 12.0 Å². The van der Waals surface area contributed by atoms with Crippen LogP contribution in [0, 0.1) is 11.3 Å².